The molecule has 1 aliphatic heterocycles. The highest BCUT2D eigenvalue weighted by atomic mass is 28.3. The van der Waals surface area contributed by atoms with Gasteiger partial charge in [-0.15, -0.1) is 0 Å². The zero-order chi connectivity index (χ0) is 54.5. The summed E-state index contributed by atoms with van der Waals surface area (Å²) in [6.45, 7) is 0. The lowest BCUT2D eigenvalue weighted by Gasteiger charge is -2.34. The van der Waals surface area contributed by atoms with Gasteiger partial charge in [0.05, 0.1) is 17.1 Å². The Kier molecular flexibility index (Phi) is 12.3. The molecule has 15 rings (SSSR count). The van der Waals surface area contributed by atoms with Crippen LogP contribution in [0.4, 0.5) is 11.4 Å². The molecule has 0 bridgehead atoms. The highest BCUT2D eigenvalue weighted by Gasteiger charge is 2.43. The van der Waals surface area contributed by atoms with E-state index in [0.717, 1.165) is 38.6 Å². The van der Waals surface area contributed by atoms with Crippen molar-refractivity contribution in [1.29, 1.82) is 0 Å². The molecule has 0 radical (unpaired) electrons. The minimum Gasteiger partial charge on any atom is -0.333 e. The second-order valence-electron chi connectivity index (χ2n) is 21.4. The summed E-state index contributed by atoms with van der Waals surface area (Å²) in [5.41, 5.74) is 7.61. The van der Waals surface area contributed by atoms with Crippen LogP contribution in [0.25, 0.3) is 50.5 Å². The Hall–Kier alpha value is -10.1. The fourth-order valence-electron chi connectivity index (χ4n) is 13.5. The smallest absolute Gasteiger partial charge is 0.238 e. The van der Waals surface area contributed by atoms with Crippen molar-refractivity contribution in [2.45, 2.75) is 12.0 Å². The van der Waals surface area contributed by atoms with Crippen molar-refractivity contribution in [3.63, 3.8) is 0 Å². The summed E-state index contributed by atoms with van der Waals surface area (Å²) in [5.74, 6) is 2.04. The Morgan fingerprint density at radius 2 is 0.707 bits per heavy atom. The fourth-order valence-corrected chi connectivity index (χ4v) is 23.0. The van der Waals surface area contributed by atoms with E-state index in [1.807, 2.05) is 0 Å². The van der Waals surface area contributed by atoms with Gasteiger partial charge in [-0.1, -0.05) is 291 Å². The normalized spacial score (nSPS) is 14.7. The Morgan fingerprint density at radius 3 is 1.18 bits per heavy atom. The number of anilines is 2. The van der Waals surface area contributed by atoms with Gasteiger partial charge in [-0.2, -0.15) is 9.97 Å². The maximum Gasteiger partial charge on any atom is 0.238 e. The maximum absolute atomic E-state index is 5.53. The third kappa shape index (κ3) is 7.99. The van der Waals surface area contributed by atoms with Crippen LogP contribution in [-0.4, -0.2) is 41.7 Å². The van der Waals surface area contributed by atoms with Gasteiger partial charge in [-0.3, -0.25) is 4.57 Å². The van der Waals surface area contributed by atoms with Gasteiger partial charge >= 0.3 is 0 Å². The van der Waals surface area contributed by atoms with Gasteiger partial charge in [0.1, 0.15) is 0 Å². The average molecular weight is 1080 g/mol. The van der Waals surface area contributed by atoms with Crippen molar-refractivity contribution < 1.29 is 0 Å². The quantitative estimate of drug-likeness (QED) is 0.0904. The van der Waals surface area contributed by atoms with Gasteiger partial charge in [-0.25, -0.2) is 4.98 Å². The molecular weight excluding hydrogens is 1030 g/mol. The number of fused-ring (bicyclic) bond motifs is 6. The van der Waals surface area contributed by atoms with E-state index in [0.29, 0.717) is 17.6 Å². The van der Waals surface area contributed by atoms with E-state index in [1.54, 1.807) is 0 Å². The summed E-state index contributed by atoms with van der Waals surface area (Å²) in [4.78, 5) is 19.0. The first-order chi connectivity index (χ1) is 40.7. The molecule has 11 aromatic carbocycles. The molecule has 1 aliphatic carbocycles. The predicted octanol–water partition coefficient (Wildman–Crippen LogP) is 11.8. The monoisotopic (exact) mass is 1080 g/mol. The van der Waals surface area contributed by atoms with E-state index in [1.165, 1.54) is 52.7 Å². The van der Waals surface area contributed by atoms with Gasteiger partial charge in [0, 0.05) is 39.2 Å². The molecule has 2 aliphatic rings. The topological polar surface area (TPSA) is 46.8 Å². The van der Waals surface area contributed by atoms with Gasteiger partial charge in [0.25, 0.3) is 0 Å². The first-order valence-corrected chi connectivity index (χ1v) is 32.3. The Balaban J connectivity index is 0.923. The Bertz CT molecular complexity index is 4110. The van der Waals surface area contributed by atoms with Crippen LogP contribution in [0.1, 0.15) is 11.5 Å². The molecule has 0 saturated heterocycles. The summed E-state index contributed by atoms with van der Waals surface area (Å²) in [6, 6.07) is 109. The second-order valence-corrected chi connectivity index (χ2v) is 29.0. The first kappa shape index (κ1) is 49.0. The summed E-state index contributed by atoms with van der Waals surface area (Å²) in [6.07, 6.45) is 9.05. The molecule has 0 fully saturated rings. The Morgan fingerprint density at radius 1 is 0.317 bits per heavy atom. The van der Waals surface area contributed by atoms with E-state index in [9.17, 15) is 0 Å². The fraction of sp³-hybridized carbons (Fsp3) is 0.0267. The lowest BCUT2D eigenvalue weighted by Crippen LogP contribution is -2.74. The van der Waals surface area contributed by atoms with Crippen molar-refractivity contribution >= 4 is 90.8 Å². The number of hydrogen-bond acceptors (Lipinski definition) is 4. The molecule has 7 heteroatoms. The molecule has 2 aromatic heterocycles. The molecule has 2 atom stereocenters. The lowest BCUT2D eigenvalue weighted by molar-refractivity contribution is 0.745. The van der Waals surface area contributed by atoms with E-state index >= 15 is 0 Å². The lowest BCUT2D eigenvalue weighted by atomic mass is 9.91. The van der Waals surface area contributed by atoms with E-state index < -0.39 is 16.1 Å². The minimum atomic E-state index is -2.81. The van der Waals surface area contributed by atoms with E-state index in [-0.39, 0.29) is 12.0 Å². The zero-order valence-electron chi connectivity index (χ0n) is 45.0. The highest BCUT2D eigenvalue weighted by molar-refractivity contribution is 7.20. The standard InChI is InChI=1S/C75H55N5Si2/c1-7-25-57(26-8-1)81(58-27-9-2-10-28-58,59-29-11-3-12-30-59)63-48-43-54(44-49-63)73-76-74(55-45-50-64(51-46-55)82(60-31-13-4-14-32-60,61-33-15-5-16-34-61)62-35-17-6-18-36-62)78-75(77-73)80-71-42-24-21-39-67(71)68-53-56(47-52-72(68)80)79-69-40-22-19-37-65(69)66-38-20-23-41-70(66)79/h1-53,65,69H. The molecule has 0 amide bonds. The molecular formula is C75H55N5Si2. The number of hydrogen-bond donors (Lipinski definition) is 0. The molecule has 2 unspecified atom stereocenters. The van der Waals surface area contributed by atoms with Crippen LogP contribution in [0.5, 0.6) is 0 Å². The summed E-state index contributed by atoms with van der Waals surface area (Å²) in [5, 5.41) is 12.7. The highest BCUT2D eigenvalue weighted by Crippen LogP contribution is 2.48. The predicted molar refractivity (Wildman–Crippen MR) is 346 cm³/mol. The number of aromatic nitrogens is 4. The van der Waals surface area contributed by atoms with Crippen LogP contribution < -0.4 is 46.4 Å². The van der Waals surface area contributed by atoms with E-state index in [4.69, 9.17) is 15.0 Å². The maximum atomic E-state index is 5.53. The van der Waals surface area contributed by atoms with Crippen molar-refractivity contribution in [2.24, 2.45) is 0 Å². The number of allylic oxidation sites excluding steroid dienone is 2. The van der Waals surface area contributed by atoms with E-state index in [2.05, 4.69) is 331 Å². The molecule has 3 heterocycles. The zero-order valence-corrected chi connectivity index (χ0v) is 47.0. The molecule has 0 N–H and O–H groups in total. The number of rotatable bonds is 12. The Labute approximate surface area is 480 Å². The van der Waals surface area contributed by atoms with Crippen LogP contribution >= 0.6 is 0 Å². The molecule has 5 nitrogen and oxygen atoms in total. The molecule has 0 saturated carbocycles. The number of nitrogens with zero attached hydrogens (tertiary/aromatic N) is 5. The minimum absolute atomic E-state index is 0.182. The van der Waals surface area contributed by atoms with Crippen LogP contribution in [-0.2, 0) is 0 Å². The SMILES string of the molecule is C1=CC2c3ccccc3N(c3ccc4c(c3)c3ccccc3n4-c3nc(-c4ccc([Si](c5ccccc5)(c5ccccc5)c5ccccc5)cc4)nc(-c4ccc([Si](c5ccccc5)(c5ccccc5)c5ccccc5)cc4)n3)C2C=C1. The molecule has 0 spiro atoms. The van der Waals surface area contributed by atoms with Crippen molar-refractivity contribution in [2.75, 3.05) is 4.90 Å². The van der Waals surface area contributed by atoms with Gasteiger partial charge in [0.2, 0.25) is 5.95 Å². The average Bonchev–Trinajstić information content (AvgIpc) is 3.87. The van der Waals surface area contributed by atoms with Crippen molar-refractivity contribution in [1.82, 2.24) is 19.5 Å². The largest absolute Gasteiger partial charge is 0.333 e. The third-order valence-electron chi connectivity index (χ3n) is 17.1. The van der Waals surface area contributed by atoms with Crippen molar-refractivity contribution in [3.8, 4) is 28.7 Å². The van der Waals surface area contributed by atoms with Crippen LogP contribution in [0, 0.1) is 0 Å². The van der Waals surface area contributed by atoms with Crippen LogP contribution in [0.2, 0.25) is 0 Å². The van der Waals surface area contributed by atoms with Gasteiger partial charge in [0.15, 0.2) is 27.8 Å². The molecule has 82 heavy (non-hydrogen) atoms. The van der Waals surface area contributed by atoms with Crippen LogP contribution in [0.15, 0.2) is 322 Å². The second kappa shape index (κ2) is 20.6. The summed E-state index contributed by atoms with van der Waals surface area (Å²) < 4.78 is 2.24. The van der Waals surface area contributed by atoms with Crippen LogP contribution in [0.3, 0.4) is 0 Å². The van der Waals surface area contributed by atoms with Crippen molar-refractivity contribution in [3.05, 3.63) is 327 Å². The number of benzene rings is 11. The first-order valence-electron chi connectivity index (χ1n) is 28.3. The molecule has 13 aromatic rings. The molecule has 388 valence electrons. The summed E-state index contributed by atoms with van der Waals surface area (Å²) >= 11 is 0. The number of para-hydroxylation sites is 2. The third-order valence-corrected chi connectivity index (χ3v) is 26.7. The van der Waals surface area contributed by atoms with Gasteiger partial charge < -0.3 is 4.90 Å². The van der Waals surface area contributed by atoms with Gasteiger partial charge in [-0.05, 0) is 77.4 Å². The summed E-state index contributed by atoms with van der Waals surface area (Å²) in [7, 11) is -5.61.